The second-order valence-corrected chi connectivity index (χ2v) is 2.99. The van der Waals surface area contributed by atoms with Gasteiger partial charge in [-0.1, -0.05) is 6.58 Å². The maximum Gasteiger partial charge on any atom is 0.330 e. The summed E-state index contributed by atoms with van der Waals surface area (Å²) in [5, 5.41) is 10.9. The van der Waals surface area contributed by atoms with Crippen molar-refractivity contribution >= 4 is 5.97 Å². The maximum atomic E-state index is 9.60. The number of hydrogen-bond donors (Lipinski definition) is 2. The molecule has 0 aliphatic carbocycles. The van der Waals surface area contributed by atoms with Gasteiger partial charge in [0.1, 0.15) is 0 Å². The van der Waals surface area contributed by atoms with Crippen LogP contribution in [0.15, 0.2) is 12.2 Å². The highest BCUT2D eigenvalue weighted by Gasteiger charge is 1.90. The van der Waals surface area contributed by atoms with Gasteiger partial charge in [-0.2, -0.15) is 0 Å². The number of likely N-dealkylation sites (N-methyl/N-ethyl adjacent to an activating group) is 2. The Morgan fingerprint density at radius 2 is 1.92 bits per heavy atom. The Hall–Kier alpha value is -0.870. The fraction of sp³-hybridized carbons (Fsp3) is 0.667. The van der Waals surface area contributed by atoms with Gasteiger partial charge in [0.05, 0.1) is 0 Å². The van der Waals surface area contributed by atoms with Crippen molar-refractivity contribution in [2.24, 2.45) is 0 Å². The zero-order valence-corrected chi connectivity index (χ0v) is 8.92. The van der Waals surface area contributed by atoms with Crippen molar-refractivity contribution in [1.82, 2.24) is 10.2 Å². The molecule has 0 radical (unpaired) electrons. The zero-order valence-electron chi connectivity index (χ0n) is 8.92. The number of nitrogens with zero attached hydrogens (tertiary/aromatic N) is 1. The molecule has 0 aromatic heterocycles. The van der Waals surface area contributed by atoms with Gasteiger partial charge in [0.15, 0.2) is 0 Å². The van der Waals surface area contributed by atoms with Crippen molar-refractivity contribution in [1.29, 1.82) is 0 Å². The van der Waals surface area contributed by atoms with E-state index in [1.807, 2.05) is 7.05 Å². The Balaban J connectivity index is 0. The van der Waals surface area contributed by atoms with E-state index in [9.17, 15) is 4.79 Å². The van der Waals surface area contributed by atoms with Crippen molar-refractivity contribution in [2.75, 3.05) is 34.2 Å². The Morgan fingerprint density at radius 3 is 2.00 bits per heavy atom. The van der Waals surface area contributed by atoms with E-state index in [0.29, 0.717) is 0 Å². The molecular formula is C9H20N2O2. The molecule has 0 aliphatic rings. The third-order valence-corrected chi connectivity index (χ3v) is 1.17. The highest BCUT2D eigenvalue weighted by atomic mass is 16.4. The monoisotopic (exact) mass is 188 g/mol. The fourth-order valence-electron chi connectivity index (χ4n) is 0.335. The average molecular weight is 188 g/mol. The third-order valence-electron chi connectivity index (χ3n) is 1.17. The molecule has 0 aromatic rings. The first-order chi connectivity index (χ1) is 5.91. The molecule has 0 aromatic carbocycles. The smallest absolute Gasteiger partial charge is 0.330 e. The van der Waals surface area contributed by atoms with Crippen LogP contribution in [-0.2, 0) is 4.79 Å². The van der Waals surface area contributed by atoms with Crippen LogP contribution in [0.25, 0.3) is 0 Å². The maximum absolute atomic E-state index is 9.60. The van der Waals surface area contributed by atoms with Gasteiger partial charge in [0.25, 0.3) is 0 Å². The summed E-state index contributed by atoms with van der Waals surface area (Å²) < 4.78 is 0. The quantitative estimate of drug-likeness (QED) is 0.628. The highest BCUT2D eigenvalue weighted by Crippen LogP contribution is 1.81. The first kappa shape index (κ1) is 14.6. The van der Waals surface area contributed by atoms with Crippen molar-refractivity contribution in [3.8, 4) is 0 Å². The van der Waals surface area contributed by atoms with E-state index in [1.54, 1.807) is 0 Å². The standard InChI is InChI=1S/C5H14N2.C4H6O2/c1-6-4-5-7(2)3;1-3(2)4(5)6/h6H,4-5H2,1-3H3;1H2,2H3,(H,5,6). The van der Waals surface area contributed by atoms with Crippen LogP contribution in [0, 0.1) is 0 Å². The van der Waals surface area contributed by atoms with Crippen LogP contribution in [0.2, 0.25) is 0 Å². The Kier molecular flexibility index (Phi) is 10.4. The summed E-state index contributed by atoms with van der Waals surface area (Å²) in [5.74, 6) is -0.935. The SMILES string of the molecule is C=C(C)C(=O)O.CNCCN(C)C. The topological polar surface area (TPSA) is 52.6 Å². The second kappa shape index (κ2) is 9.22. The predicted octanol–water partition coefficient (Wildman–Crippen LogP) is 0.415. The fourth-order valence-corrected chi connectivity index (χ4v) is 0.335. The van der Waals surface area contributed by atoms with Gasteiger partial charge in [-0.25, -0.2) is 4.79 Å². The number of carboxylic acids is 1. The molecule has 0 amide bonds. The minimum absolute atomic E-state index is 0.176. The number of aliphatic carboxylic acids is 1. The van der Waals surface area contributed by atoms with Gasteiger partial charge in [0, 0.05) is 18.7 Å². The first-order valence-corrected chi connectivity index (χ1v) is 4.10. The largest absolute Gasteiger partial charge is 0.478 e. The molecule has 0 saturated heterocycles. The van der Waals surface area contributed by atoms with Crippen LogP contribution in [-0.4, -0.2) is 50.2 Å². The first-order valence-electron chi connectivity index (χ1n) is 4.10. The lowest BCUT2D eigenvalue weighted by Crippen LogP contribution is -2.23. The zero-order chi connectivity index (χ0) is 10.9. The summed E-state index contributed by atoms with van der Waals surface area (Å²) in [5.41, 5.74) is 0.176. The van der Waals surface area contributed by atoms with E-state index in [-0.39, 0.29) is 5.57 Å². The van der Waals surface area contributed by atoms with Gasteiger partial charge in [-0.05, 0) is 28.1 Å². The van der Waals surface area contributed by atoms with E-state index in [1.165, 1.54) is 6.92 Å². The lowest BCUT2D eigenvalue weighted by molar-refractivity contribution is -0.132. The van der Waals surface area contributed by atoms with E-state index in [0.717, 1.165) is 13.1 Å². The Bertz CT molecular complexity index is 144. The lowest BCUT2D eigenvalue weighted by atomic mass is 10.4. The molecule has 13 heavy (non-hydrogen) atoms. The number of rotatable bonds is 4. The molecule has 0 spiro atoms. The third kappa shape index (κ3) is 18.2. The molecule has 0 atom stereocenters. The predicted molar refractivity (Wildman–Crippen MR) is 54.9 cm³/mol. The average Bonchev–Trinajstić information content (AvgIpc) is 2.01. The number of carbonyl (C=O) groups is 1. The molecule has 78 valence electrons. The van der Waals surface area contributed by atoms with Gasteiger partial charge in [-0.3, -0.25) is 0 Å². The number of hydrogen-bond acceptors (Lipinski definition) is 3. The van der Waals surface area contributed by atoms with E-state index < -0.39 is 5.97 Å². The van der Waals surface area contributed by atoms with Crippen LogP contribution in [0.1, 0.15) is 6.92 Å². The summed E-state index contributed by atoms with van der Waals surface area (Å²) >= 11 is 0. The summed E-state index contributed by atoms with van der Waals surface area (Å²) in [6.07, 6.45) is 0. The molecule has 0 heterocycles. The van der Waals surface area contributed by atoms with Crippen molar-refractivity contribution in [3.63, 3.8) is 0 Å². The van der Waals surface area contributed by atoms with Crippen molar-refractivity contribution < 1.29 is 9.90 Å². The molecule has 0 unspecified atom stereocenters. The van der Waals surface area contributed by atoms with E-state index >= 15 is 0 Å². The second-order valence-electron chi connectivity index (χ2n) is 2.99. The Labute approximate surface area is 80.2 Å². The van der Waals surface area contributed by atoms with Gasteiger partial charge in [-0.15, -0.1) is 0 Å². The number of nitrogens with one attached hydrogen (secondary N) is 1. The Morgan fingerprint density at radius 1 is 1.54 bits per heavy atom. The van der Waals surface area contributed by atoms with Crippen molar-refractivity contribution in [3.05, 3.63) is 12.2 Å². The summed E-state index contributed by atoms with van der Waals surface area (Å²) in [4.78, 5) is 11.7. The molecule has 4 heteroatoms. The van der Waals surface area contributed by atoms with Gasteiger partial charge < -0.3 is 15.3 Å². The summed E-state index contributed by atoms with van der Waals surface area (Å²) in [6, 6.07) is 0. The number of carboxylic acid groups (broad SMARTS) is 1. The van der Waals surface area contributed by atoms with Gasteiger partial charge in [0.2, 0.25) is 0 Å². The van der Waals surface area contributed by atoms with E-state index in [2.05, 4.69) is 30.9 Å². The van der Waals surface area contributed by atoms with Crippen molar-refractivity contribution in [2.45, 2.75) is 6.92 Å². The van der Waals surface area contributed by atoms with Crippen LogP contribution >= 0.6 is 0 Å². The van der Waals surface area contributed by atoms with Crippen LogP contribution in [0.5, 0.6) is 0 Å². The normalized spacial score (nSPS) is 9.00. The van der Waals surface area contributed by atoms with Crippen LogP contribution in [0.4, 0.5) is 0 Å². The summed E-state index contributed by atoms with van der Waals surface area (Å²) in [6.45, 7) is 6.80. The van der Waals surface area contributed by atoms with Crippen LogP contribution in [0.3, 0.4) is 0 Å². The highest BCUT2D eigenvalue weighted by molar-refractivity contribution is 5.84. The lowest BCUT2D eigenvalue weighted by Gasteiger charge is -2.06. The molecule has 0 rings (SSSR count). The minimum Gasteiger partial charge on any atom is -0.478 e. The molecule has 2 N–H and O–H groups in total. The molecule has 0 aliphatic heterocycles. The minimum atomic E-state index is -0.935. The molecule has 0 saturated carbocycles. The van der Waals surface area contributed by atoms with Gasteiger partial charge >= 0.3 is 5.97 Å². The van der Waals surface area contributed by atoms with Crippen LogP contribution < -0.4 is 5.32 Å². The summed E-state index contributed by atoms with van der Waals surface area (Å²) in [7, 11) is 6.10. The molecular weight excluding hydrogens is 168 g/mol. The van der Waals surface area contributed by atoms with E-state index in [4.69, 9.17) is 5.11 Å². The molecule has 0 bridgehead atoms. The molecule has 4 nitrogen and oxygen atoms in total. The molecule has 0 fully saturated rings.